The van der Waals surface area contributed by atoms with E-state index < -0.39 is 0 Å². The van der Waals surface area contributed by atoms with Gasteiger partial charge in [-0.1, -0.05) is 23.8 Å². The molecule has 2 spiro atoms. The fourth-order valence-electron chi connectivity index (χ4n) is 4.00. The van der Waals surface area contributed by atoms with E-state index in [-0.39, 0.29) is 11.0 Å². The Hall–Kier alpha value is -0.890. The smallest absolute Gasteiger partial charge is 0.178 e. The molecule has 2 bridgehead atoms. The molecular formula is C13H14O2. The van der Waals surface area contributed by atoms with Crippen molar-refractivity contribution in [1.29, 1.82) is 0 Å². The molecule has 1 saturated carbocycles. The van der Waals surface area contributed by atoms with Gasteiger partial charge in [0.25, 0.3) is 0 Å². The highest BCUT2D eigenvalue weighted by molar-refractivity contribution is 6.00. The molecule has 0 radical (unpaired) electrons. The van der Waals surface area contributed by atoms with Crippen molar-refractivity contribution in [3.63, 3.8) is 0 Å². The first kappa shape index (κ1) is 8.28. The standard InChI is InChI=1S/C13H14O2/c1-8-6-12-4-2-3-9(12)5-10(8)13(7-15-13)11(12)14/h2-3,6,9-10H,4-5,7H2,1H3/t9-,10-,12+,13-/m0/s1. The van der Waals surface area contributed by atoms with Gasteiger partial charge in [0, 0.05) is 5.92 Å². The summed E-state index contributed by atoms with van der Waals surface area (Å²) < 4.78 is 5.54. The minimum Gasteiger partial charge on any atom is -0.361 e. The summed E-state index contributed by atoms with van der Waals surface area (Å²) >= 11 is 0. The molecule has 0 aromatic carbocycles. The summed E-state index contributed by atoms with van der Waals surface area (Å²) in [7, 11) is 0. The molecule has 5 aliphatic rings. The van der Waals surface area contributed by atoms with Crippen LogP contribution in [0.15, 0.2) is 23.8 Å². The van der Waals surface area contributed by atoms with Crippen molar-refractivity contribution < 1.29 is 9.53 Å². The third-order valence-corrected chi connectivity index (χ3v) is 4.84. The van der Waals surface area contributed by atoms with E-state index in [2.05, 4.69) is 25.2 Å². The molecule has 2 nitrogen and oxygen atoms in total. The topological polar surface area (TPSA) is 29.6 Å². The predicted molar refractivity (Wildman–Crippen MR) is 55.2 cm³/mol. The highest BCUT2D eigenvalue weighted by Crippen LogP contribution is 2.63. The molecule has 2 heteroatoms. The first-order chi connectivity index (χ1) is 7.19. The minimum atomic E-state index is -0.388. The van der Waals surface area contributed by atoms with Crippen LogP contribution < -0.4 is 0 Å². The van der Waals surface area contributed by atoms with Crippen LogP contribution in [0.25, 0.3) is 0 Å². The van der Waals surface area contributed by atoms with Gasteiger partial charge in [0.05, 0.1) is 12.0 Å². The Kier molecular flexibility index (Phi) is 1.17. The monoisotopic (exact) mass is 202 g/mol. The van der Waals surface area contributed by atoms with Gasteiger partial charge in [-0.2, -0.15) is 0 Å². The van der Waals surface area contributed by atoms with E-state index >= 15 is 0 Å². The van der Waals surface area contributed by atoms with Gasteiger partial charge in [-0.3, -0.25) is 4.79 Å². The van der Waals surface area contributed by atoms with Gasteiger partial charge in [0.1, 0.15) is 0 Å². The van der Waals surface area contributed by atoms with Crippen molar-refractivity contribution in [1.82, 2.24) is 0 Å². The van der Waals surface area contributed by atoms with Gasteiger partial charge in [0.15, 0.2) is 11.4 Å². The van der Waals surface area contributed by atoms with E-state index in [1.165, 1.54) is 5.57 Å². The van der Waals surface area contributed by atoms with Gasteiger partial charge < -0.3 is 4.74 Å². The molecule has 2 fully saturated rings. The first-order valence-electron chi connectivity index (χ1n) is 5.74. The number of Topliss-reactive ketones (excluding diaryl/α,β-unsaturated/α-hetero) is 1. The zero-order chi connectivity index (χ0) is 10.3. The number of epoxide rings is 1. The van der Waals surface area contributed by atoms with Gasteiger partial charge in [0.2, 0.25) is 0 Å². The van der Waals surface area contributed by atoms with Crippen molar-refractivity contribution in [2.24, 2.45) is 17.3 Å². The van der Waals surface area contributed by atoms with E-state index in [1.807, 2.05) is 0 Å². The Bertz CT molecular complexity index is 428. The molecule has 1 heterocycles. The lowest BCUT2D eigenvalue weighted by atomic mass is 9.53. The van der Waals surface area contributed by atoms with Crippen molar-refractivity contribution in [2.75, 3.05) is 6.61 Å². The van der Waals surface area contributed by atoms with Crippen LogP contribution in [0.5, 0.6) is 0 Å². The van der Waals surface area contributed by atoms with Crippen molar-refractivity contribution in [3.8, 4) is 0 Å². The molecule has 15 heavy (non-hydrogen) atoms. The van der Waals surface area contributed by atoms with Crippen LogP contribution in [0, 0.1) is 17.3 Å². The molecule has 0 aromatic rings. The Morgan fingerprint density at radius 1 is 1.53 bits per heavy atom. The summed E-state index contributed by atoms with van der Waals surface area (Å²) in [5.74, 6) is 1.18. The summed E-state index contributed by atoms with van der Waals surface area (Å²) in [5, 5.41) is 0. The quantitative estimate of drug-likeness (QED) is 0.443. The van der Waals surface area contributed by atoms with Crippen LogP contribution in [-0.4, -0.2) is 18.0 Å². The number of ether oxygens (including phenoxy) is 1. The second-order valence-electron chi connectivity index (χ2n) is 5.46. The zero-order valence-electron chi connectivity index (χ0n) is 8.82. The molecule has 0 N–H and O–H groups in total. The summed E-state index contributed by atoms with van der Waals surface area (Å²) in [6.45, 7) is 2.83. The van der Waals surface area contributed by atoms with Crippen LogP contribution in [0.3, 0.4) is 0 Å². The largest absolute Gasteiger partial charge is 0.361 e. The third-order valence-electron chi connectivity index (χ3n) is 4.84. The summed E-state index contributed by atoms with van der Waals surface area (Å²) in [6, 6.07) is 0. The number of rotatable bonds is 0. The zero-order valence-corrected chi connectivity index (χ0v) is 8.82. The van der Waals surface area contributed by atoms with Crippen molar-refractivity contribution >= 4 is 5.78 Å². The highest BCUT2D eigenvalue weighted by atomic mass is 16.6. The molecular weight excluding hydrogens is 188 g/mol. The molecule has 1 saturated heterocycles. The van der Waals surface area contributed by atoms with Crippen molar-refractivity contribution in [3.05, 3.63) is 23.8 Å². The molecule has 0 aromatic heterocycles. The number of carbonyl (C=O) groups excluding carboxylic acids is 1. The van der Waals surface area contributed by atoms with E-state index in [9.17, 15) is 4.79 Å². The van der Waals surface area contributed by atoms with Crippen LogP contribution in [-0.2, 0) is 9.53 Å². The molecule has 4 atom stereocenters. The molecule has 0 unspecified atom stereocenters. The van der Waals surface area contributed by atoms with Gasteiger partial charge in [-0.15, -0.1) is 0 Å². The Morgan fingerprint density at radius 3 is 3.07 bits per heavy atom. The molecule has 5 rings (SSSR count). The molecule has 78 valence electrons. The number of allylic oxidation sites excluding steroid dienone is 3. The summed E-state index contributed by atoms with van der Waals surface area (Å²) in [5.41, 5.74) is 0.781. The molecule has 1 aliphatic heterocycles. The summed E-state index contributed by atoms with van der Waals surface area (Å²) in [6.07, 6.45) is 8.66. The molecule has 0 amide bonds. The lowest BCUT2D eigenvalue weighted by Gasteiger charge is -2.48. The van der Waals surface area contributed by atoms with Crippen molar-refractivity contribution in [2.45, 2.75) is 25.4 Å². The van der Waals surface area contributed by atoms with E-state index in [1.54, 1.807) is 0 Å². The first-order valence-corrected chi connectivity index (χ1v) is 5.74. The van der Waals surface area contributed by atoms with Crippen LogP contribution >= 0.6 is 0 Å². The number of carbonyl (C=O) groups is 1. The Balaban J connectivity index is 1.96. The normalized spacial score (nSPS) is 54.7. The predicted octanol–water partition coefficient (Wildman–Crippen LogP) is 1.87. The van der Waals surface area contributed by atoms with Crippen LogP contribution in [0.2, 0.25) is 0 Å². The van der Waals surface area contributed by atoms with Gasteiger partial charge in [-0.25, -0.2) is 0 Å². The maximum absolute atomic E-state index is 12.5. The third kappa shape index (κ3) is 0.699. The lowest BCUT2D eigenvalue weighted by molar-refractivity contribution is -0.140. The number of hydrogen-bond acceptors (Lipinski definition) is 2. The van der Waals surface area contributed by atoms with E-state index in [4.69, 9.17) is 4.74 Å². The van der Waals surface area contributed by atoms with Crippen LogP contribution in [0.1, 0.15) is 19.8 Å². The number of hydrogen-bond donors (Lipinski definition) is 0. The average molecular weight is 202 g/mol. The SMILES string of the molecule is CC1=C[C@]23CC=C[C@H]2C[C@@H]1[C@@]1(CO1)C3=O. The second kappa shape index (κ2) is 2.12. The van der Waals surface area contributed by atoms with E-state index in [0.29, 0.717) is 24.2 Å². The highest BCUT2D eigenvalue weighted by Gasteiger charge is 2.71. The minimum absolute atomic E-state index is 0.213. The van der Waals surface area contributed by atoms with Crippen LogP contribution in [0.4, 0.5) is 0 Å². The summed E-state index contributed by atoms with van der Waals surface area (Å²) in [4.78, 5) is 12.5. The van der Waals surface area contributed by atoms with Gasteiger partial charge >= 0.3 is 0 Å². The maximum Gasteiger partial charge on any atom is 0.178 e. The fraction of sp³-hybridized carbons (Fsp3) is 0.615. The molecule has 4 aliphatic carbocycles. The Morgan fingerprint density at radius 2 is 2.33 bits per heavy atom. The van der Waals surface area contributed by atoms with Gasteiger partial charge in [-0.05, 0) is 25.7 Å². The number of ketones is 1. The second-order valence-corrected chi connectivity index (χ2v) is 5.46. The fourth-order valence-corrected chi connectivity index (χ4v) is 4.00. The lowest BCUT2D eigenvalue weighted by Crippen LogP contribution is -2.56. The Labute approximate surface area is 89.0 Å². The average Bonchev–Trinajstić information content (AvgIpc) is 2.88. The maximum atomic E-state index is 12.5. The van der Waals surface area contributed by atoms with E-state index in [0.717, 1.165) is 12.8 Å².